The van der Waals surface area contributed by atoms with Gasteiger partial charge in [-0.15, -0.1) is 5.10 Å². The number of anilines is 2. The molecule has 0 atom stereocenters. The second-order valence-corrected chi connectivity index (χ2v) is 4.45. The smallest absolute Gasteiger partial charge is 0.279 e. The fraction of sp³-hybridized carbons (Fsp3) is 0.250. The summed E-state index contributed by atoms with van der Waals surface area (Å²) in [6.45, 7) is 2.64. The lowest BCUT2D eigenvalue weighted by atomic mass is 10.2. The van der Waals surface area contributed by atoms with Crippen LogP contribution < -0.4 is 10.6 Å². The quantitative estimate of drug-likeness (QED) is 0.857. The van der Waals surface area contributed by atoms with Crippen LogP contribution in [0.4, 0.5) is 11.4 Å². The number of nitrogens with zero attached hydrogens (tertiary/aromatic N) is 3. The van der Waals surface area contributed by atoms with Crippen molar-refractivity contribution in [2.45, 2.75) is 13.3 Å². The number of hydrogen-bond donors (Lipinski definition) is 1. The third kappa shape index (κ3) is 2.65. The van der Waals surface area contributed by atoms with E-state index in [4.69, 9.17) is 5.73 Å². The number of aromatic nitrogens is 2. The predicted octanol–water partition coefficient (Wildman–Crippen LogP) is 2.18. The number of carbonyl (C=O) groups excluding carboxylic acids is 1. The van der Waals surface area contributed by atoms with Gasteiger partial charge in [-0.3, -0.25) is 4.79 Å². The van der Waals surface area contributed by atoms with Gasteiger partial charge < -0.3 is 10.6 Å². The van der Waals surface area contributed by atoms with Crippen molar-refractivity contribution in [3.05, 3.63) is 35.3 Å². The zero-order valence-electron chi connectivity index (χ0n) is 10.0. The van der Waals surface area contributed by atoms with E-state index >= 15 is 0 Å². The summed E-state index contributed by atoms with van der Waals surface area (Å²) in [4.78, 5) is 14.0. The highest BCUT2D eigenvalue weighted by atomic mass is 32.1. The number of nitrogen functional groups attached to an aromatic ring is 1. The van der Waals surface area contributed by atoms with E-state index in [2.05, 4.69) is 9.59 Å². The fourth-order valence-corrected chi connectivity index (χ4v) is 2.09. The molecule has 94 valence electrons. The highest BCUT2D eigenvalue weighted by Crippen LogP contribution is 2.20. The maximum atomic E-state index is 12.3. The lowest BCUT2D eigenvalue weighted by Crippen LogP contribution is -2.32. The number of rotatable bonds is 4. The molecule has 5 nitrogen and oxygen atoms in total. The molecule has 0 unspecified atom stereocenters. The SMILES string of the molecule is CCCN(C(=O)c1csnn1)c1cccc(N)c1. The topological polar surface area (TPSA) is 72.1 Å². The molecule has 0 aliphatic carbocycles. The maximum absolute atomic E-state index is 12.3. The first-order valence-corrected chi connectivity index (χ1v) is 6.50. The molecule has 2 rings (SSSR count). The molecule has 1 amide bonds. The van der Waals surface area contributed by atoms with Crippen LogP contribution in [0.1, 0.15) is 23.8 Å². The molecule has 1 aromatic carbocycles. The average Bonchev–Trinajstić information content (AvgIpc) is 2.89. The van der Waals surface area contributed by atoms with Gasteiger partial charge in [-0.1, -0.05) is 17.5 Å². The second kappa shape index (κ2) is 5.59. The van der Waals surface area contributed by atoms with Crippen molar-refractivity contribution in [1.29, 1.82) is 0 Å². The minimum Gasteiger partial charge on any atom is -0.399 e. The third-order valence-corrected chi connectivity index (χ3v) is 2.96. The van der Waals surface area contributed by atoms with E-state index in [0.717, 1.165) is 12.1 Å². The highest BCUT2D eigenvalue weighted by molar-refractivity contribution is 7.03. The number of amides is 1. The van der Waals surface area contributed by atoms with Crippen LogP contribution in [-0.2, 0) is 0 Å². The fourth-order valence-electron chi connectivity index (χ4n) is 1.66. The standard InChI is InChI=1S/C12H14N4OS/c1-2-6-16(10-5-3-4-9(13)7-10)12(17)11-8-18-15-14-11/h3-5,7-8H,2,6,13H2,1H3. The Morgan fingerprint density at radius 3 is 2.94 bits per heavy atom. The molecule has 6 heteroatoms. The molecular formula is C12H14N4OS. The Labute approximate surface area is 109 Å². The van der Waals surface area contributed by atoms with Crippen LogP contribution in [0.5, 0.6) is 0 Å². The molecule has 0 bridgehead atoms. The summed E-state index contributed by atoms with van der Waals surface area (Å²) in [6.07, 6.45) is 0.859. The average molecular weight is 262 g/mol. The molecule has 2 aromatic rings. The third-order valence-electron chi connectivity index (χ3n) is 2.45. The van der Waals surface area contributed by atoms with Gasteiger partial charge in [-0.2, -0.15) is 0 Å². The van der Waals surface area contributed by atoms with E-state index < -0.39 is 0 Å². The predicted molar refractivity (Wildman–Crippen MR) is 72.7 cm³/mol. The van der Waals surface area contributed by atoms with Crippen LogP contribution >= 0.6 is 11.5 Å². The Morgan fingerprint density at radius 1 is 1.50 bits per heavy atom. The lowest BCUT2D eigenvalue weighted by molar-refractivity contribution is 0.0982. The van der Waals surface area contributed by atoms with E-state index in [0.29, 0.717) is 17.9 Å². The Morgan fingerprint density at radius 2 is 2.33 bits per heavy atom. The summed E-state index contributed by atoms with van der Waals surface area (Å²) in [6, 6.07) is 7.28. The van der Waals surface area contributed by atoms with Crippen molar-refractivity contribution >= 4 is 28.8 Å². The monoisotopic (exact) mass is 262 g/mol. The van der Waals surface area contributed by atoms with Gasteiger partial charge in [0, 0.05) is 23.3 Å². The zero-order valence-corrected chi connectivity index (χ0v) is 10.9. The van der Waals surface area contributed by atoms with E-state index in [-0.39, 0.29) is 5.91 Å². The van der Waals surface area contributed by atoms with Crippen molar-refractivity contribution in [2.24, 2.45) is 0 Å². The molecule has 0 spiro atoms. The molecule has 0 saturated heterocycles. The van der Waals surface area contributed by atoms with E-state index in [9.17, 15) is 4.79 Å². The molecule has 1 aromatic heterocycles. The van der Waals surface area contributed by atoms with Gasteiger partial charge in [0.25, 0.3) is 5.91 Å². The van der Waals surface area contributed by atoms with E-state index in [1.807, 2.05) is 19.1 Å². The largest absolute Gasteiger partial charge is 0.399 e. The van der Waals surface area contributed by atoms with Crippen LogP contribution in [0.15, 0.2) is 29.6 Å². The van der Waals surface area contributed by atoms with E-state index in [1.165, 1.54) is 11.5 Å². The van der Waals surface area contributed by atoms with Gasteiger partial charge in [0.2, 0.25) is 0 Å². The van der Waals surface area contributed by atoms with Crippen molar-refractivity contribution in [3.8, 4) is 0 Å². The highest BCUT2D eigenvalue weighted by Gasteiger charge is 2.19. The summed E-state index contributed by atoms with van der Waals surface area (Å²) in [5.41, 5.74) is 7.54. The van der Waals surface area contributed by atoms with Crippen molar-refractivity contribution in [2.75, 3.05) is 17.2 Å². The number of carbonyl (C=O) groups is 1. The number of nitrogens with two attached hydrogens (primary N) is 1. The van der Waals surface area contributed by atoms with Crippen molar-refractivity contribution in [3.63, 3.8) is 0 Å². The van der Waals surface area contributed by atoms with Gasteiger partial charge in [-0.05, 0) is 36.2 Å². The van der Waals surface area contributed by atoms with Crippen molar-refractivity contribution < 1.29 is 4.79 Å². The van der Waals surface area contributed by atoms with Crippen LogP contribution in [0, 0.1) is 0 Å². The minimum atomic E-state index is -0.142. The van der Waals surface area contributed by atoms with Crippen LogP contribution in [0.3, 0.4) is 0 Å². The first-order chi connectivity index (χ1) is 8.72. The number of benzene rings is 1. The van der Waals surface area contributed by atoms with Gasteiger partial charge in [0.15, 0.2) is 5.69 Å². The first-order valence-electron chi connectivity index (χ1n) is 5.67. The Balaban J connectivity index is 2.31. The van der Waals surface area contributed by atoms with Crippen molar-refractivity contribution in [1.82, 2.24) is 9.59 Å². The Kier molecular flexibility index (Phi) is 3.88. The summed E-state index contributed by atoms with van der Waals surface area (Å²) in [7, 11) is 0. The van der Waals surface area contributed by atoms with Gasteiger partial charge >= 0.3 is 0 Å². The van der Waals surface area contributed by atoms with Gasteiger partial charge in [-0.25, -0.2) is 0 Å². The first kappa shape index (κ1) is 12.5. The van der Waals surface area contributed by atoms with Crippen LogP contribution in [-0.4, -0.2) is 22.0 Å². The molecule has 0 aliphatic heterocycles. The summed E-state index contributed by atoms with van der Waals surface area (Å²) in [5, 5.41) is 5.46. The maximum Gasteiger partial charge on any atom is 0.279 e. The molecule has 0 fully saturated rings. The molecule has 0 saturated carbocycles. The Hall–Kier alpha value is -1.95. The minimum absolute atomic E-state index is 0.142. The summed E-state index contributed by atoms with van der Waals surface area (Å²) >= 11 is 1.17. The molecule has 0 aliphatic rings. The lowest BCUT2D eigenvalue weighted by Gasteiger charge is -2.21. The van der Waals surface area contributed by atoms with E-state index in [1.54, 1.807) is 22.4 Å². The summed E-state index contributed by atoms with van der Waals surface area (Å²) in [5.74, 6) is -0.142. The van der Waals surface area contributed by atoms with Crippen LogP contribution in [0.25, 0.3) is 0 Å². The molecule has 2 N–H and O–H groups in total. The molecule has 1 heterocycles. The normalized spacial score (nSPS) is 10.3. The van der Waals surface area contributed by atoms with Crippen LogP contribution in [0.2, 0.25) is 0 Å². The summed E-state index contributed by atoms with van der Waals surface area (Å²) < 4.78 is 3.72. The second-order valence-electron chi connectivity index (χ2n) is 3.84. The number of hydrogen-bond acceptors (Lipinski definition) is 5. The van der Waals surface area contributed by atoms with Gasteiger partial charge in [0.1, 0.15) is 0 Å². The Bertz CT molecular complexity index is 527. The molecular weight excluding hydrogens is 248 g/mol. The molecule has 18 heavy (non-hydrogen) atoms. The molecule has 0 radical (unpaired) electrons. The zero-order chi connectivity index (χ0) is 13.0. The van der Waals surface area contributed by atoms with Gasteiger partial charge in [0.05, 0.1) is 0 Å².